The zero-order chi connectivity index (χ0) is 14.9. The number of likely N-dealkylation sites (N-methyl/N-ethyl adjacent to an activating group) is 2. The van der Waals surface area contributed by atoms with Gasteiger partial charge in [-0.15, -0.1) is 0 Å². The molecule has 5 nitrogen and oxygen atoms in total. The Morgan fingerprint density at radius 2 is 2.20 bits per heavy atom. The number of aromatic nitrogens is 1. The molecule has 2 rings (SSSR count). The van der Waals surface area contributed by atoms with Crippen LogP contribution in [0.4, 0.5) is 5.82 Å². The maximum absolute atomic E-state index is 7.84. The minimum atomic E-state index is 0.0982. The number of likely N-dealkylation sites (tertiary alicyclic amines) is 1. The van der Waals surface area contributed by atoms with Crippen LogP contribution in [0.1, 0.15) is 29.7 Å². The molecule has 1 fully saturated rings. The first-order valence-electron chi connectivity index (χ1n) is 7.14. The van der Waals surface area contributed by atoms with Crippen molar-refractivity contribution in [3.05, 3.63) is 22.9 Å². The first-order chi connectivity index (χ1) is 9.40. The summed E-state index contributed by atoms with van der Waals surface area (Å²) < 4.78 is 0. The van der Waals surface area contributed by atoms with E-state index in [4.69, 9.17) is 11.1 Å². The molecular formula is C15H25N5. The molecule has 2 heterocycles. The Morgan fingerprint density at radius 3 is 2.80 bits per heavy atom. The first-order valence-corrected chi connectivity index (χ1v) is 7.14. The third-order valence-corrected chi connectivity index (χ3v) is 4.08. The summed E-state index contributed by atoms with van der Waals surface area (Å²) in [5.41, 5.74) is 8.53. The first kappa shape index (κ1) is 14.8. The molecule has 1 saturated heterocycles. The summed E-state index contributed by atoms with van der Waals surface area (Å²) >= 11 is 0. The highest BCUT2D eigenvalue weighted by atomic mass is 15.2. The maximum atomic E-state index is 7.84. The van der Waals surface area contributed by atoms with Crippen LogP contribution in [-0.2, 0) is 0 Å². The average molecular weight is 275 g/mol. The summed E-state index contributed by atoms with van der Waals surface area (Å²) in [6.07, 6.45) is 2.36. The highest BCUT2D eigenvalue weighted by molar-refractivity contribution is 6.01. The lowest BCUT2D eigenvalue weighted by Crippen LogP contribution is -2.46. The van der Waals surface area contributed by atoms with Crippen molar-refractivity contribution in [3.8, 4) is 0 Å². The summed E-state index contributed by atoms with van der Waals surface area (Å²) in [5, 5.41) is 7.84. The molecule has 3 N–H and O–H groups in total. The van der Waals surface area contributed by atoms with E-state index in [2.05, 4.69) is 28.9 Å². The predicted octanol–water partition coefficient (Wildman–Crippen LogP) is 1.51. The number of aryl methyl sites for hydroxylation is 2. The molecule has 0 saturated carbocycles. The van der Waals surface area contributed by atoms with Crippen LogP contribution in [0.5, 0.6) is 0 Å². The second kappa shape index (κ2) is 5.79. The zero-order valence-corrected chi connectivity index (χ0v) is 12.9. The standard InChI is InChI=1S/C15H25N5/c1-10-8-11(2)18-15(13(10)14(16)17)20(4)12-6-5-7-19(3)9-12/h8,12H,5-7,9H2,1-4H3,(H3,16,17). The number of rotatable bonds is 3. The van der Waals surface area contributed by atoms with Crippen molar-refractivity contribution in [2.45, 2.75) is 32.7 Å². The topological polar surface area (TPSA) is 69.2 Å². The molecule has 1 atom stereocenters. The van der Waals surface area contributed by atoms with Gasteiger partial charge in [-0.25, -0.2) is 4.98 Å². The van der Waals surface area contributed by atoms with Gasteiger partial charge in [-0.3, -0.25) is 5.41 Å². The summed E-state index contributed by atoms with van der Waals surface area (Å²) in [4.78, 5) is 9.19. The van der Waals surface area contributed by atoms with Gasteiger partial charge in [0.25, 0.3) is 0 Å². The molecule has 1 aromatic heterocycles. The number of nitrogens with two attached hydrogens (primary N) is 1. The minimum absolute atomic E-state index is 0.0982. The molecule has 0 spiro atoms. The van der Waals surface area contributed by atoms with Crippen LogP contribution in [0.15, 0.2) is 6.07 Å². The van der Waals surface area contributed by atoms with Crippen LogP contribution in [0, 0.1) is 19.3 Å². The van der Waals surface area contributed by atoms with E-state index in [9.17, 15) is 0 Å². The maximum Gasteiger partial charge on any atom is 0.140 e. The predicted molar refractivity (Wildman–Crippen MR) is 83.6 cm³/mol. The summed E-state index contributed by atoms with van der Waals surface area (Å²) in [7, 11) is 4.22. The fourth-order valence-corrected chi connectivity index (χ4v) is 3.03. The molecule has 110 valence electrons. The van der Waals surface area contributed by atoms with Gasteiger partial charge in [0, 0.05) is 25.3 Å². The monoisotopic (exact) mass is 275 g/mol. The molecule has 20 heavy (non-hydrogen) atoms. The number of nitrogens with one attached hydrogen (secondary N) is 1. The summed E-state index contributed by atoms with van der Waals surface area (Å²) in [6, 6.07) is 2.42. The minimum Gasteiger partial charge on any atom is -0.384 e. The van der Waals surface area contributed by atoms with E-state index in [1.165, 1.54) is 6.42 Å². The van der Waals surface area contributed by atoms with E-state index in [0.717, 1.165) is 42.1 Å². The van der Waals surface area contributed by atoms with Crippen LogP contribution < -0.4 is 10.6 Å². The molecule has 5 heteroatoms. The molecule has 1 unspecified atom stereocenters. The normalized spacial score (nSPS) is 19.9. The number of pyridine rings is 1. The van der Waals surface area contributed by atoms with Crippen LogP contribution >= 0.6 is 0 Å². The van der Waals surface area contributed by atoms with E-state index in [1.54, 1.807) is 0 Å². The van der Waals surface area contributed by atoms with Crippen LogP contribution in [-0.4, -0.2) is 48.9 Å². The van der Waals surface area contributed by atoms with Gasteiger partial charge in [-0.1, -0.05) is 0 Å². The van der Waals surface area contributed by atoms with Crippen molar-refractivity contribution in [2.24, 2.45) is 5.73 Å². The van der Waals surface area contributed by atoms with Crippen molar-refractivity contribution >= 4 is 11.7 Å². The van der Waals surface area contributed by atoms with E-state index in [0.29, 0.717) is 6.04 Å². The second-order valence-corrected chi connectivity index (χ2v) is 5.86. The molecule has 0 aliphatic carbocycles. The highest BCUT2D eigenvalue weighted by Crippen LogP contribution is 2.25. The van der Waals surface area contributed by atoms with Gasteiger partial charge in [-0.2, -0.15) is 0 Å². The molecule has 1 aliphatic rings. The van der Waals surface area contributed by atoms with Crippen LogP contribution in [0.25, 0.3) is 0 Å². The van der Waals surface area contributed by atoms with Crippen molar-refractivity contribution < 1.29 is 0 Å². The third-order valence-electron chi connectivity index (χ3n) is 4.08. The van der Waals surface area contributed by atoms with Crippen molar-refractivity contribution in [1.82, 2.24) is 9.88 Å². The Hall–Kier alpha value is -1.62. The third kappa shape index (κ3) is 2.93. The fraction of sp³-hybridized carbons (Fsp3) is 0.600. The average Bonchev–Trinajstić information content (AvgIpc) is 2.36. The number of amidine groups is 1. The largest absolute Gasteiger partial charge is 0.384 e. The lowest BCUT2D eigenvalue weighted by atomic mass is 10.0. The molecule has 0 amide bonds. The quantitative estimate of drug-likeness (QED) is 0.648. The second-order valence-electron chi connectivity index (χ2n) is 5.86. The Morgan fingerprint density at radius 1 is 1.50 bits per heavy atom. The smallest absolute Gasteiger partial charge is 0.140 e. The van der Waals surface area contributed by atoms with Gasteiger partial charge in [-0.05, 0) is 51.9 Å². The lowest BCUT2D eigenvalue weighted by Gasteiger charge is -2.37. The zero-order valence-electron chi connectivity index (χ0n) is 12.9. The van der Waals surface area contributed by atoms with Gasteiger partial charge in [0.1, 0.15) is 11.7 Å². The molecule has 1 aromatic rings. The van der Waals surface area contributed by atoms with Gasteiger partial charge in [0.15, 0.2) is 0 Å². The van der Waals surface area contributed by atoms with Gasteiger partial charge in [0.2, 0.25) is 0 Å². The van der Waals surface area contributed by atoms with Crippen molar-refractivity contribution in [2.75, 3.05) is 32.1 Å². The highest BCUT2D eigenvalue weighted by Gasteiger charge is 2.25. The lowest BCUT2D eigenvalue weighted by molar-refractivity contribution is 0.247. The Bertz CT molecular complexity index is 511. The van der Waals surface area contributed by atoms with Crippen molar-refractivity contribution in [3.63, 3.8) is 0 Å². The van der Waals surface area contributed by atoms with E-state index in [-0.39, 0.29) is 5.84 Å². The molecule has 1 aliphatic heterocycles. The Kier molecular flexibility index (Phi) is 4.28. The number of piperidine rings is 1. The van der Waals surface area contributed by atoms with E-state index < -0.39 is 0 Å². The SMILES string of the molecule is Cc1cc(C)c(C(=N)N)c(N(C)C2CCCN(C)C2)n1. The molecule has 0 bridgehead atoms. The summed E-state index contributed by atoms with van der Waals surface area (Å²) in [6.45, 7) is 6.17. The summed E-state index contributed by atoms with van der Waals surface area (Å²) in [5.74, 6) is 0.941. The number of nitrogen functional groups attached to an aromatic ring is 1. The van der Waals surface area contributed by atoms with Gasteiger partial charge >= 0.3 is 0 Å². The number of nitrogens with zero attached hydrogens (tertiary/aromatic N) is 3. The van der Waals surface area contributed by atoms with Crippen LogP contribution in [0.3, 0.4) is 0 Å². The van der Waals surface area contributed by atoms with Gasteiger partial charge in [0.05, 0.1) is 5.56 Å². The molecule has 0 radical (unpaired) electrons. The molecular weight excluding hydrogens is 250 g/mol. The number of hydrogen-bond donors (Lipinski definition) is 2. The van der Waals surface area contributed by atoms with Gasteiger partial charge < -0.3 is 15.5 Å². The fourth-order valence-electron chi connectivity index (χ4n) is 3.03. The Balaban J connectivity index is 2.37. The van der Waals surface area contributed by atoms with Crippen LogP contribution in [0.2, 0.25) is 0 Å². The molecule has 0 aromatic carbocycles. The number of hydrogen-bond acceptors (Lipinski definition) is 4. The Labute approximate surface area is 121 Å². The van der Waals surface area contributed by atoms with E-state index in [1.807, 2.05) is 19.9 Å². The number of anilines is 1. The van der Waals surface area contributed by atoms with Crippen molar-refractivity contribution in [1.29, 1.82) is 5.41 Å². The van der Waals surface area contributed by atoms with E-state index >= 15 is 0 Å².